The van der Waals surface area contributed by atoms with E-state index in [0.717, 1.165) is 6.42 Å². The van der Waals surface area contributed by atoms with Crippen LogP contribution in [-0.4, -0.2) is 14.9 Å². The Labute approximate surface area is 154 Å². The van der Waals surface area contributed by atoms with Gasteiger partial charge in [0, 0.05) is 0 Å². The van der Waals surface area contributed by atoms with Crippen LogP contribution >= 0.6 is 0 Å². The van der Waals surface area contributed by atoms with Gasteiger partial charge in [-0.25, -0.2) is 0 Å². The molecule has 0 N–H and O–H groups in total. The number of hydrogen-bond acceptors (Lipinski definition) is 1. The highest BCUT2D eigenvalue weighted by atomic mass is 28.4. The minimum Gasteiger partial charge on any atom is -0.403 e. The summed E-state index contributed by atoms with van der Waals surface area (Å²) in [4.78, 5) is 0. The molecule has 0 aromatic heterocycles. The summed E-state index contributed by atoms with van der Waals surface area (Å²) >= 11 is 0. The Kier molecular flexibility index (Phi) is 6.61. The summed E-state index contributed by atoms with van der Waals surface area (Å²) in [5, 5.41) is 2.67. The van der Waals surface area contributed by atoms with E-state index in [1.165, 1.54) is 15.9 Å². The molecule has 2 aromatic rings. The van der Waals surface area contributed by atoms with Gasteiger partial charge in [0.05, 0.1) is 6.61 Å². The van der Waals surface area contributed by atoms with E-state index in [2.05, 4.69) is 94.1 Å². The quantitative estimate of drug-likeness (QED) is 0.522. The van der Waals surface area contributed by atoms with Gasteiger partial charge in [0.15, 0.2) is 0 Å². The molecule has 2 rings (SSSR count). The third kappa shape index (κ3) is 4.22. The molecule has 0 saturated carbocycles. The molecule has 2 aromatic carbocycles. The second-order valence-corrected chi connectivity index (χ2v) is 11.6. The zero-order valence-corrected chi connectivity index (χ0v) is 17.2. The van der Waals surface area contributed by atoms with Gasteiger partial charge in [-0.1, -0.05) is 88.4 Å². The van der Waals surface area contributed by atoms with Gasteiger partial charge in [0.25, 0.3) is 8.32 Å². The fourth-order valence-corrected chi connectivity index (χ4v) is 7.95. The second kappa shape index (κ2) is 8.49. The lowest BCUT2D eigenvalue weighted by Crippen LogP contribution is -2.66. The zero-order chi connectivity index (χ0) is 18.3. The van der Waals surface area contributed by atoms with E-state index < -0.39 is 8.32 Å². The molecule has 0 aliphatic rings. The molecule has 132 valence electrons. The molecular weight excluding hydrogens is 320 g/mol. The highest BCUT2D eigenvalue weighted by molar-refractivity contribution is 6.99. The molecule has 25 heavy (non-hydrogen) atoms. The van der Waals surface area contributed by atoms with Crippen molar-refractivity contribution in [1.29, 1.82) is 0 Å². The van der Waals surface area contributed by atoms with Crippen molar-refractivity contribution in [1.82, 2.24) is 0 Å². The fourth-order valence-electron chi connectivity index (χ4n) is 3.41. The van der Waals surface area contributed by atoms with Crippen molar-refractivity contribution in [3.63, 3.8) is 0 Å². The van der Waals surface area contributed by atoms with Gasteiger partial charge in [-0.15, -0.1) is 5.73 Å². The molecule has 0 aliphatic carbocycles. The smallest absolute Gasteiger partial charge is 0.261 e. The van der Waals surface area contributed by atoms with Crippen LogP contribution in [-0.2, 0) is 4.43 Å². The monoisotopic (exact) mass is 350 g/mol. The van der Waals surface area contributed by atoms with Crippen molar-refractivity contribution in [2.45, 2.75) is 46.1 Å². The van der Waals surface area contributed by atoms with Gasteiger partial charge in [0.1, 0.15) is 0 Å². The summed E-state index contributed by atoms with van der Waals surface area (Å²) in [5.74, 6) is 0. The summed E-state index contributed by atoms with van der Waals surface area (Å²) in [7, 11) is -2.43. The van der Waals surface area contributed by atoms with Crippen LogP contribution in [0.4, 0.5) is 0 Å². The second-order valence-electron chi connectivity index (χ2n) is 7.34. The molecule has 0 radical (unpaired) electrons. The highest BCUT2D eigenvalue weighted by Crippen LogP contribution is 2.37. The van der Waals surface area contributed by atoms with Gasteiger partial charge in [-0.3, -0.25) is 0 Å². The highest BCUT2D eigenvalue weighted by Gasteiger charge is 2.50. The lowest BCUT2D eigenvalue weighted by Gasteiger charge is -2.43. The van der Waals surface area contributed by atoms with Crippen molar-refractivity contribution >= 4 is 18.7 Å². The first-order valence-corrected chi connectivity index (χ1v) is 11.0. The van der Waals surface area contributed by atoms with Gasteiger partial charge < -0.3 is 4.43 Å². The number of rotatable bonds is 6. The lowest BCUT2D eigenvalue weighted by molar-refractivity contribution is 0.326. The maximum absolute atomic E-state index is 6.89. The van der Waals surface area contributed by atoms with Crippen LogP contribution in [0, 0.1) is 0 Å². The Balaban J connectivity index is 2.62. The minimum atomic E-state index is -2.43. The van der Waals surface area contributed by atoms with Crippen molar-refractivity contribution < 1.29 is 4.43 Å². The van der Waals surface area contributed by atoms with E-state index >= 15 is 0 Å². The van der Waals surface area contributed by atoms with Crippen LogP contribution in [0.1, 0.15) is 41.0 Å². The topological polar surface area (TPSA) is 9.23 Å². The van der Waals surface area contributed by atoms with Crippen LogP contribution in [0.15, 0.2) is 78.0 Å². The molecule has 0 atom stereocenters. The maximum atomic E-state index is 6.89. The van der Waals surface area contributed by atoms with E-state index in [1.54, 1.807) is 0 Å². The van der Waals surface area contributed by atoms with Crippen molar-refractivity contribution in [2.24, 2.45) is 0 Å². The molecule has 1 nitrogen and oxygen atoms in total. The number of benzene rings is 2. The van der Waals surface area contributed by atoms with E-state index in [9.17, 15) is 0 Å². The normalized spacial score (nSPS) is 11.7. The van der Waals surface area contributed by atoms with Crippen LogP contribution in [0.25, 0.3) is 0 Å². The standard InChI is InChI=1S/C23H30OSi/c1-6-14-20(7-2)19-24-25(23(3,4)5,21-15-10-8-11-16-21)22-17-12-9-13-18-22/h6,8-13,15-18H,7,19H2,1-5H3. The van der Waals surface area contributed by atoms with Crippen molar-refractivity contribution in [3.8, 4) is 0 Å². The summed E-state index contributed by atoms with van der Waals surface area (Å²) < 4.78 is 6.89. The molecule has 0 fully saturated rings. The molecular formula is C23H30OSi. The lowest BCUT2D eigenvalue weighted by atomic mass is 10.2. The van der Waals surface area contributed by atoms with Crippen molar-refractivity contribution in [3.05, 3.63) is 78.0 Å². The van der Waals surface area contributed by atoms with E-state index in [-0.39, 0.29) is 5.04 Å². The Morgan fingerprint density at radius 2 is 1.44 bits per heavy atom. The van der Waals surface area contributed by atoms with Crippen LogP contribution < -0.4 is 10.4 Å². The predicted molar refractivity (Wildman–Crippen MR) is 111 cm³/mol. The van der Waals surface area contributed by atoms with Crippen LogP contribution in [0.5, 0.6) is 0 Å². The summed E-state index contributed by atoms with van der Waals surface area (Å²) in [6.45, 7) is 11.7. The summed E-state index contributed by atoms with van der Waals surface area (Å²) in [5.41, 5.74) is 4.57. The molecule has 0 aliphatic heterocycles. The van der Waals surface area contributed by atoms with Gasteiger partial charge >= 0.3 is 0 Å². The molecule has 0 saturated heterocycles. The summed E-state index contributed by atoms with van der Waals surface area (Å²) in [6.07, 6.45) is 2.94. The molecule has 0 heterocycles. The molecule has 0 amide bonds. The Morgan fingerprint density at radius 3 is 1.80 bits per heavy atom. The van der Waals surface area contributed by atoms with E-state index in [1.807, 2.05) is 13.0 Å². The van der Waals surface area contributed by atoms with Crippen molar-refractivity contribution in [2.75, 3.05) is 6.61 Å². The zero-order valence-electron chi connectivity index (χ0n) is 16.2. The Morgan fingerprint density at radius 1 is 0.960 bits per heavy atom. The van der Waals surface area contributed by atoms with Crippen LogP contribution in [0.2, 0.25) is 5.04 Å². The number of hydrogen-bond donors (Lipinski definition) is 0. The Hall–Kier alpha value is -1.86. The molecule has 2 heteroatoms. The molecule has 0 bridgehead atoms. The van der Waals surface area contributed by atoms with Gasteiger partial charge in [-0.2, -0.15) is 0 Å². The fraction of sp³-hybridized carbons (Fsp3) is 0.348. The average Bonchev–Trinajstić information content (AvgIpc) is 2.62. The van der Waals surface area contributed by atoms with Gasteiger partial charge in [-0.05, 0) is 40.4 Å². The molecule has 0 spiro atoms. The predicted octanol–water partition coefficient (Wildman–Crippen LogP) is 5.07. The Bertz CT molecular complexity index is 680. The van der Waals surface area contributed by atoms with E-state index in [0.29, 0.717) is 6.61 Å². The first kappa shape index (κ1) is 19.5. The molecule has 0 unspecified atom stereocenters. The summed E-state index contributed by atoms with van der Waals surface area (Å²) in [6, 6.07) is 21.6. The largest absolute Gasteiger partial charge is 0.403 e. The third-order valence-electron chi connectivity index (χ3n) is 4.65. The SMILES string of the molecule is CC=C=C(CC)CO[Si](c1ccccc1)(c1ccccc1)C(C)(C)C. The first-order chi connectivity index (χ1) is 12.0. The van der Waals surface area contributed by atoms with Crippen LogP contribution in [0.3, 0.4) is 0 Å². The van der Waals surface area contributed by atoms with E-state index in [4.69, 9.17) is 4.43 Å². The van der Waals surface area contributed by atoms with Gasteiger partial charge in [0.2, 0.25) is 0 Å². The third-order valence-corrected chi connectivity index (χ3v) is 9.64. The maximum Gasteiger partial charge on any atom is 0.261 e. The minimum absolute atomic E-state index is 0.0183. The average molecular weight is 351 g/mol. The first-order valence-electron chi connectivity index (χ1n) is 9.09.